The molecule has 1 N–H and O–H groups in total. The van der Waals surface area contributed by atoms with Gasteiger partial charge in [0.15, 0.2) is 0 Å². The molecule has 8 heteroatoms. The van der Waals surface area contributed by atoms with E-state index in [9.17, 15) is 13.2 Å². The highest BCUT2D eigenvalue weighted by Gasteiger charge is 2.15. The molecule has 0 aliphatic heterocycles. The number of amides is 1. The molecule has 0 fully saturated rings. The van der Waals surface area contributed by atoms with Gasteiger partial charge in [-0.2, -0.15) is 0 Å². The third kappa shape index (κ3) is 5.26. The molecule has 1 heterocycles. The standard InChI is InChI=1S/C13H20ClN3O3S/c1-9(2)11-7-10(8-12(14)16-11)13(18)15-5-6-21(19,20)17(3)4/h7-9H,5-6H2,1-4H3,(H,15,18). The lowest BCUT2D eigenvalue weighted by molar-refractivity contribution is 0.0956. The summed E-state index contributed by atoms with van der Waals surface area (Å²) in [5.74, 6) is -0.374. The number of carbonyl (C=O) groups excluding carboxylic acids is 1. The molecule has 0 unspecified atom stereocenters. The molecule has 1 amide bonds. The first-order chi connectivity index (χ1) is 9.63. The molecular weight excluding hydrogens is 314 g/mol. The van der Waals surface area contributed by atoms with Crippen molar-refractivity contribution in [3.63, 3.8) is 0 Å². The lowest BCUT2D eigenvalue weighted by atomic mass is 10.1. The van der Waals surface area contributed by atoms with Gasteiger partial charge in [-0.3, -0.25) is 4.79 Å². The fraction of sp³-hybridized carbons (Fsp3) is 0.538. The van der Waals surface area contributed by atoms with Gasteiger partial charge in [-0.15, -0.1) is 0 Å². The summed E-state index contributed by atoms with van der Waals surface area (Å²) in [6, 6.07) is 3.12. The van der Waals surface area contributed by atoms with Crippen LogP contribution in [0.5, 0.6) is 0 Å². The SMILES string of the molecule is CC(C)c1cc(C(=O)NCCS(=O)(=O)N(C)C)cc(Cl)n1. The molecule has 0 bridgehead atoms. The van der Waals surface area contributed by atoms with Crippen molar-refractivity contribution in [1.82, 2.24) is 14.6 Å². The molecule has 0 saturated heterocycles. The summed E-state index contributed by atoms with van der Waals surface area (Å²) in [6.07, 6.45) is 0. The van der Waals surface area contributed by atoms with Gasteiger partial charge < -0.3 is 5.32 Å². The molecule has 1 rings (SSSR count). The summed E-state index contributed by atoms with van der Waals surface area (Å²) in [5.41, 5.74) is 1.09. The van der Waals surface area contributed by atoms with Gasteiger partial charge in [-0.05, 0) is 18.1 Å². The van der Waals surface area contributed by atoms with Crippen LogP contribution >= 0.6 is 11.6 Å². The summed E-state index contributed by atoms with van der Waals surface area (Å²) < 4.78 is 24.3. The second kappa shape index (κ2) is 7.20. The minimum atomic E-state index is -3.33. The number of hydrogen-bond acceptors (Lipinski definition) is 4. The summed E-state index contributed by atoms with van der Waals surface area (Å²) in [4.78, 5) is 16.2. The van der Waals surface area contributed by atoms with E-state index >= 15 is 0 Å². The summed E-state index contributed by atoms with van der Waals surface area (Å²) >= 11 is 5.89. The van der Waals surface area contributed by atoms with Gasteiger partial charge >= 0.3 is 0 Å². The summed E-state index contributed by atoms with van der Waals surface area (Å²) in [7, 11) is -0.419. The van der Waals surface area contributed by atoms with Crippen LogP contribution in [-0.2, 0) is 10.0 Å². The average Bonchev–Trinajstić information content (AvgIpc) is 2.37. The van der Waals surface area contributed by atoms with E-state index in [4.69, 9.17) is 11.6 Å². The average molecular weight is 334 g/mol. The largest absolute Gasteiger partial charge is 0.351 e. The molecule has 118 valence electrons. The van der Waals surface area contributed by atoms with Crippen LogP contribution in [0.3, 0.4) is 0 Å². The first kappa shape index (κ1) is 17.9. The Bertz CT molecular complexity index is 615. The van der Waals surface area contributed by atoms with Crippen molar-refractivity contribution in [2.24, 2.45) is 0 Å². The van der Waals surface area contributed by atoms with Gasteiger partial charge in [0.25, 0.3) is 5.91 Å². The molecule has 0 aliphatic carbocycles. The van der Waals surface area contributed by atoms with Gasteiger partial charge in [0.2, 0.25) is 10.0 Å². The predicted molar refractivity (Wildman–Crippen MR) is 83.1 cm³/mol. The lowest BCUT2D eigenvalue weighted by Crippen LogP contribution is -2.34. The minimum absolute atomic E-state index is 0.0380. The van der Waals surface area contributed by atoms with Crippen LogP contribution in [0.25, 0.3) is 0 Å². The number of halogens is 1. The van der Waals surface area contributed by atoms with E-state index in [1.807, 2.05) is 13.8 Å². The summed E-state index contributed by atoms with van der Waals surface area (Å²) in [5, 5.41) is 2.81. The van der Waals surface area contributed by atoms with Crippen molar-refractivity contribution in [2.45, 2.75) is 19.8 Å². The molecule has 0 radical (unpaired) electrons. The second-order valence-electron chi connectivity index (χ2n) is 5.11. The van der Waals surface area contributed by atoms with E-state index in [2.05, 4.69) is 10.3 Å². The van der Waals surface area contributed by atoms with Gasteiger partial charge in [0.1, 0.15) is 5.15 Å². The number of aromatic nitrogens is 1. The molecule has 0 saturated carbocycles. The van der Waals surface area contributed by atoms with Crippen LogP contribution in [0.4, 0.5) is 0 Å². The zero-order chi connectivity index (χ0) is 16.2. The third-order valence-corrected chi connectivity index (χ3v) is 4.90. The molecular formula is C13H20ClN3O3S. The maximum absolute atomic E-state index is 12.0. The van der Waals surface area contributed by atoms with E-state index in [1.165, 1.54) is 20.2 Å². The van der Waals surface area contributed by atoms with Crippen molar-refractivity contribution < 1.29 is 13.2 Å². The minimum Gasteiger partial charge on any atom is -0.351 e. The van der Waals surface area contributed by atoms with Crippen LogP contribution in [0, 0.1) is 0 Å². The highest BCUT2D eigenvalue weighted by atomic mass is 35.5. The van der Waals surface area contributed by atoms with Crippen molar-refractivity contribution in [1.29, 1.82) is 0 Å². The maximum Gasteiger partial charge on any atom is 0.251 e. The molecule has 0 aromatic carbocycles. The molecule has 0 atom stereocenters. The number of nitrogens with zero attached hydrogens (tertiary/aromatic N) is 2. The fourth-order valence-electron chi connectivity index (χ4n) is 1.52. The van der Waals surface area contributed by atoms with Crippen LogP contribution in [0.1, 0.15) is 35.8 Å². The number of pyridine rings is 1. The van der Waals surface area contributed by atoms with E-state index in [1.54, 1.807) is 6.07 Å². The predicted octanol–water partition coefficient (Wildman–Crippen LogP) is 1.48. The Morgan fingerprint density at radius 1 is 1.38 bits per heavy atom. The van der Waals surface area contributed by atoms with Gasteiger partial charge in [-0.25, -0.2) is 17.7 Å². The molecule has 1 aromatic rings. The number of rotatable bonds is 6. The number of sulfonamides is 1. The van der Waals surface area contributed by atoms with Crippen LogP contribution in [0.2, 0.25) is 5.15 Å². The third-order valence-electron chi connectivity index (χ3n) is 2.87. The first-order valence-corrected chi connectivity index (χ1v) is 8.48. The number of nitrogens with one attached hydrogen (secondary N) is 1. The highest BCUT2D eigenvalue weighted by molar-refractivity contribution is 7.89. The van der Waals surface area contributed by atoms with E-state index in [-0.39, 0.29) is 29.3 Å². The Labute approximate surface area is 130 Å². The Balaban J connectivity index is 2.73. The zero-order valence-corrected chi connectivity index (χ0v) is 14.1. The fourth-order valence-corrected chi connectivity index (χ4v) is 2.46. The Morgan fingerprint density at radius 2 is 2.00 bits per heavy atom. The van der Waals surface area contributed by atoms with Gasteiger partial charge in [0.05, 0.1) is 5.75 Å². The smallest absolute Gasteiger partial charge is 0.251 e. The van der Waals surface area contributed by atoms with Crippen LogP contribution < -0.4 is 5.32 Å². The molecule has 0 aliphatic rings. The second-order valence-corrected chi connectivity index (χ2v) is 7.80. The van der Waals surface area contributed by atoms with Crippen molar-refractivity contribution in [2.75, 3.05) is 26.4 Å². The number of carbonyl (C=O) groups is 1. The van der Waals surface area contributed by atoms with Crippen molar-refractivity contribution >= 4 is 27.5 Å². The molecule has 1 aromatic heterocycles. The monoisotopic (exact) mass is 333 g/mol. The highest BCUT2D eigenvalue weighted by Crippen LogP contribution is 2.17. The Morgan fingerprint density at radius 3 is 2.52 bits per heavy atom. The molecule has 6 nitrogen and oxygen atoms in total. The Kier molecular flexibility index (Phi) is 6.12. The Hall–Kier alpha value is -1.18. The maximum atomic E-state index is 12.0. The van der Waals surface area contributed by atoms with Crippen LogP contribution in [0.15, 0.2) is 12.1 Å². The summed E-state index contributed by atoms with van der Waals surface area (Å²) in [6.45, 7) is 3.93. The van der Waals surface area contributed by atoms with Crippen molar-refractivity contribution in [3.05, 3.63) is 28.5 Å². The zero-order valence-electron chi connectivity index (χ0n) is 12.6. The van der Waals surface area contributed by atoms with E-state index in [0.717, 1.165) is 4.31 Å². The number of hydrogen-bond donors (Lipinski definition) is 1. The molecule has 21 heavy (non-hydrogen) atoms. The molecule has 0 spiro atoms. The van der Waals surface area contributed by atoms with Crippen molar-refractivity contribution in [3.8, 4) is 0 Å². The van der Waals surface area contributed by atoms with Crippen LogP contribution in [-0.4, -0.2) is 50.0 Å². The van der Waals surface area contributed by atoms with Gasteiger partial charge in [0, 0.05) is 31.9 Å². The van der Waals surface area contributed by atoms with E-state index in [0.29, 0.717) is 11.3 Å². The topological polar surface area (TPSA) is 79.4 Å². The quantitative estimate of drug-likeness (QED) is 0.800. The van der Waals surface area contributed by atoms with Gasteiger partial charge in [-0.1, -0.05) is 25.4 Å². The van der Waals surface area contributed by atoms with E-state index < -0.39 is 10.0 Å². The normalized spacial score (nSPS) is 12.0. The first-order valence-electron chi connectivity index (χ1n) is 6.49. The lowest BCUT2D eigenvalue weighted by Gasteiger charge is -2.12.